The molecule has 2 aliphatic rings. The van der Waals surface area contributed by atoms with Gasteiger partial charge in [0.1, 0.15) is 13.1 Å². The fourth-order valence-corrected chi connectivity index (χ4v) is 2.70. The lowest BCUT2D eigenvalue weighted by Gasteiger charge is -2.35. The van der Waals surface area contributed by atoms with Gasteiger partial charge in [-0.05, 0) is 25.2 Å². The van der Waals surface area contributed by atoms with E-state index in [9.17, 15) is 14.4 Å². The van der Waals surface area contributed by atoms with Crippen LogP contribution in [0, 0.1) is 11.8 Å². The van der Waals surface area contributed by atoms with Crippen molar-refractivity contribution in [3.05, 3.63) is 0 Å². The number of imide groups is 1. The summed E-state index contributed by atoms with van der Waals surface area (Å²) in [5, 5.41) is 2.19. The minimum Gasteiger partial charge on any atom is -0.327 e. The van der Waals surface area contributed by atoms with Crippen LogP contribution in [0.15, 0.2) is 0 Å². The van der Waals surface area contributed by atoms with Crippen molar-refractivity contribution in [2.45, 2.75) is 32.2 Å². The highest BCUT2D eigenvalue weighted by Gasteiger charge is 2.35. The molecular formula is C12H19N3O3. The van der Waals surface area contributed by atoms with Crippen molar-refractivity contribution in [2.24, 2.45) is 17.6 Å². The number of carbonyl (C=O) groups excluding carboxylic acids is 3. The number of hydrogen-bond donors (Lipinski definition) is 2. The Kier molecular flexibility index (Phi) is 3.65. The molecule has 2 rings (SSSR count). The normalized spacial score (nSPS) is 33.2. The number of nitrogens with two attached hydrogens (primary N) is 1. The van der Waals surface area contributed by atoms with E-state index in [-0.39, 0.29) is 31.0 Å². The fraction of sp³-hybridized carbons (Fsp3) is 0.750. The Balaban J connectivity index is 1.98. The molecule has 3 unspecified atom stereocenters. The first-order valence-electron chi connectivity index (χ1n) is 6.34. The average molecular weight is 253 g/mol. The van der Waals surface area contributed by atoms with Crippen molar-refractivity contribution in [1.29, 1.82) is 0 Å². The quantitative estimate of drug-likeness (QED) is 0.600. The highest BCUT2D eigenvalue weighted by Crippen LogP contribution is 2.29. The maximum atomic E-state index is 12.2. The number of piperazine rings is 1. The lowest BCUT2D eigenvalue weighted by atomic mass is 9.78. The summed E-state index contributed by atoms with van der Waals surface area (Å²) in [6.45, 7) is 2.02. The first-order chi connectivity index (χ1) is 8.47. The summed E-state index contributed by atoms with van der Waals surface area (Å²) in [5.41, 5.74) is 5.92. The first kappa shape index (κ1) is 13.0. The molecule has 1 aliphatic heterocycles. The van der Waals surface area contributed by atoms with E-state index in [4.69, 9.17) is 5.73 Å². The molecule has 1 saturated carbocycles. The van der Waals surface area contributed by atoms with Gasteiger partial charge in [-0.25, -0.2) is 0 Å². The maximum Gasteiger partial charge on any atom is 0.246 e. The smallest absolute Gasteiger partial charge is 0.246 e. The molecule has 1 saturated heterocycles. The third-order valence-corrected chi connectivity index (χ3v) is 3.84. The Morgan fingerprint density at radius 1 is 1.28 bits per heavy atom. The zero-order valence-electron chi connectivity index (χ0n) is 10.5. The van der Waals surface area contributed by atoms with Gasteiger partial charge in [0, 0.05) is 12.0 Å². The molecule has 100 valence electrons. The fourth-order valence-electron chi connectivity index (χ4n) is 2.70. The number of hydrogen-bond acceptors (Lipinski definition) is 4. The van der Waals surface area contributed by atoms with E-state index in [2.05, 4.69) is 5.32 Å². The van der Waals surface area contributed by atoms with E-state index in [1.165, 1.54) is 4.90 Å². The average Bonchev–Trinajstić information content (AvgIpc) is 2.30. The highest BCUT2D eigenvalue weighted by molar-refractivity contribution is 6.02. The Morgan fingerprint density at radius 3 is 2.44 bits per heavy atom. The minimum absolute atomic E-state index is 0.0124. The molecular weight excluding hydrogens is 234 g/mol. The molecule has 0 aromatic heterocycles. The lowest BCUT2D eigenvalue weighted by Crippen LogP contribution is -2.55. The van der Waals surface area contributed by atoms with Crippen LogP contribution in [-0.4, -0.2) is 41.8 Å². The zero-order valence-corrected chi connectivity index (χ0v) is 10.5. The Bertz CT molecular complexity index is 367. The standard InChI is InChI=1S/C12H19N3O3/c1-7-4-8(2-3-9(7)13)12(18)15-5-10(16)14-11(17)6-15/h7-9H,2-6,13H2,1H3,(H,14,16,17). The second-order valence-corrected chi connectivity index (χ2v) is 5.32. The van der Waals surface area contributed by atoms with E-state index in [0.717, 1.165) is 19.3 Å². The van der Waals surface area contributed by atoms with Gasteiger partial charge in [-0.2, -0.15) is 0 Å². The van der Waals surface area contributed by atoms with Crippen LogP contribution in [-0.2, 0) is 14.4 Å². The van der Waals surface area contributed by atoms with E-state index >= 15 is 0 Å². The molecule has 1 aliphatic carbocycles. The van der Waals surface area contributed by atoms with Gasteiger partial charge in [0.15, 0.2) is 0 Å². The van der Waals surface area contributed by atoms with Crippen molar-refractivity contribution in [1.82, 2.24) is 10.2 Å². The lowest BCUT2D eigenvalue weighted by molar-refractivity contribution is -0.148. The summed E-state index contributed by atoms with van der Waals surface area (Å²) in [5.74, 6) is -0.683. The summed E-state index contributed by atoms with van der Waals surface area (Å²) in [7, 11) is 0. The molecule has 0 radical (unpaired) electrons. The zero-order chi connectivity index (χ0) is 13.3. The van der Waals surface area contributed by atoms with Crippen LogP contribution in [0.2, 0.25) is 0 Å². The molecule has 6 heteroatoms. The number of amides is 3. The summed E-state index contributed by atoms with van der Waals surface area (Å²) in [6, 6.07) is 0.153. The van der Waals surface area contributed by atoms with Gasteiger partial charge in [0.25, 0.3) is 0 Å². The second kappa shape index (κ2) is 5.06. The third-order valence-electron chi connectivity index (χ3n) is 3.84. The van der Waals surface area contributed by atoms with Crippen LogP contribution in [0.5, 0.6) is 0 Å². The SMILES string of the molecule is CC1CC(C(=O)N2CC(=O)NC(=O)C2)CCC1N. The molecule has 0 spiro atoms. The van der Waals surface area contributed by atoms with E-state index < -0.39 is 11.8 Å². The van der Waals surface area contributed by atoms with Crippen molar-refractivity contribution >= 4 is 17.7 Å². The largest absolute Gasteiger partial charge is 0.327 e. The van der Waals surface area contributed by atoms with Crippen LogP contribution in [0.25, 0.3) is 0 Å². The summed E-state index contributed by atoms with van der Waals surface area (Å²) < 4.78 is 0. The Hall–Kier alpha value is -1.43. The predicted octanol–water partition coefficient (Wildman–Crippen LogP) is -0.765. The number of nitrogens with zero attached hydrogens (tertiary/aromatic N) is 1. The Morgan fingerprint density at radius 2 is 1.89 bits per heavy atom. The topological polar surface area (TPSA) is 92.5 Å². The minimum atomic E-state index is -0.403. The summed E-state index contributed by atoms with van der Waals surface area (Å²) in [6.07, 6.45) is 2.31. The predicted molar refractivity (Wildman–Crippen MR) is 64.2 cm³/mol. The maximum absolute atomic E-state index is 12.2. The van der Waals surface area contributed by atoms with E-state index in [1.807, 2.05) is 6.92 Å². The molecule has 18 heavy (non-hydrogen) atoms. The van der Waals surface area contributed by atoms with Crippen molar-refractivity contribution in [3.63, 3.8) is 0 Å². The molecule has 2 fully saturated rings. The van der Waals surface area contributed by atoms with E-state index in [0.29, 0.717) is 5.92 Å². The molecule has 0 bridgehead atoms. The first-order valence-corrected chi connectivity index (χ1v) is 6.34. The van der Waals surface area contributed by atoms with Gasteiger partial charge in [-0.15, -0.1) is 0 Å². The van der Waals surface area contributed by atoms with Crippen LogP contribution >= 0.6 is 0 Å². The van der Waals surface area contributed by atoms with Crippen molar-refractivity contribution in [3.8, 4) is 0 Å². The van der Waals surface area contributed by atoms with Gasteiger partial charge >= 0.3 is 0 Å². The molecule has 3 N–H and O–H groups in total. The van der Waals surface area contributed by atoms with Crippen LogP contribution < -0.4 is 11.1 Å². The van der Waals surface area contributed by atoms with Gasteiger partial charge in [-0.3, -0.25) is 19.7 Å². The molecule has 6 nitrogen and oxygen atoms in total. The van der Waals surface area contributed by atoms with Gasteiger partial charge in [0.05, 0.1) is 0 Å². The molecule has 3 atom stereocenters. The summed E-state index contributed by atoms with van der Waals surface area (Å²) in [4.78, 5) is 36.1. The molecule has 1 heterocycles. The van der Waals surface area contributed by atoms with Crippen molar-refractivity contribution < 1.29 is 14.4 Å². The highest BCUT2D eigenvalue weighted by atomic mass is 16.2. The third kappa shape index (κ3) is 2.69. The number of carbonyl (C=O) groups is 3. The van der Waals surface area contributed by atoms with Crippen LogP contribution in [0.1, 0.15) is 26.2 Å². The van der Waals surface area contributed by atoms with Crippen LogP contribution in [0.3, 0.4) is 0 Å². The molecule has 0 aromatic rings. The van der Waals surface area contributed by atoms with Gasteiger partial charge in [0.2, 0.25) is 17.7 Å². The number of rotatable bonds is 1. The number of nitrogens with one attached hydrogen (secondary N) is 1. The van der Waals surface area contributed by atoms with E-state index in [1.54, 1.807) is 0 Å². The van der Waals surface area contributed by atoms with Gasteiger partial charge < -0.3 is 10.6 Å². The Labute approximate surface area is 106 Å². The van der Waals surface area contributed by atoms with Gasteiger partial charge in [-0.1, -0.05) is 6.92 Å². The van der Waals surface area contributed by atoms with Crippen molar-refractivity contribution in [2.75, 3.05) is 13.1 Å². The molecule has 0 aromatic carbocycles. The summed E-state index contributed by atoms with van der Waals surface area (Å²) >= 11 is 0. The monoisotopic (exact) mass is 253 g/mol. The van der Waals surface area contributed by atoms with Crippen LogP contribution in [0.4, 0.5) is 0 Å². The second-order valence-electron chi connectivity index (χ2n) is 5.32. The molecule has 3 amide bonds.